The van der Waals surface area contributed by atoms with Gasteiger partial charge in [-0.15, -0.1) is 0 Å². The molecular formula is C24H31NO2Si2. The summed E-state index contributed by atoms with van der Waals surface area (Å²) in [6.45, 7) is 17.5. The highest BCUT2D eigenvalue weighted by atomic mass is 28.4. The molecule has 2 rings (SSSR count). The topological polar surface area (TPSA) is 42.2 Å². The van der Waals surface area contributed by atoms with E-state index in [1.54, 1.807) is 0 Å². The lowest BCUT2D eigenvalue weighted by Gasteiger charge is -2.34. The molecule has 5 heteroatoms. The largest absolute Gasteiger partial charge is 0.494 e. The van der Waals surface area contributed by atoms with E-state index in [1.807, 2.05) is 54.6 Å². The normalized spacial score (nSPS) is 11.6. The molecular weight excluding hydrogens is 390 g/mol. The van der Waals surface area contributed by atoms with E-state index in [4.69, 9.17) is 14.1 Å². The van der Waals surface area contributed by atoms with Crippen molar-refractivity contribution in [1.82, 2.24) is 0 Å². The second kappa shape index (κ2) is 9.88. The molecule has 0 spiro atoms. The van der Waals surface area contributed by atoms with E-state index in [-0.39, 0.29) is 0 Å². The molecule has 0 bridgehead atoms. The van der Waals surface area contributed by atoms with Crippen LogP contribution in [0.15, 0.2) is 73.0 Å². The molecule has 29 heavy (non-hydrogen) atoms. The van der Waals surface area contributed by atoms with Gasteiger partial charge in [-0.1, -0.05) is 43.5 Å². The summed E-state index contributed by atoms with van der Waals surface area (Å²) in [6, 6.07) is 18.9. The first kappa shape index (κ1) is 22.9. The van der Waals surface area contributed by atoms with Crippen LogP contribution in [-0.4, -0.2) is 23.2 Å². The smallest absolute Gasteiger partial charge is 0.205 e. The quantitative estimate of drug-likeness (QED) is 0.243. The SMILES string of the molecule is C=CC(=C)[Si](C)(C)O[Si](C)(C)CCCOc1ccc(-c2ccc(C#N)cc2)cc1. The average Bonchev–Trinajstić information content (AvgIpc) is 2.70. The van der Waals surface area contributed by atoms with Crippen LogP contribution in [0.3, 0.4) is 0 Å². The van der Waals surface area contributed by atoms with Gasteiger partial charge in [0.05, 0.1) is 18.2 Å². The minimum atomic E-state index is -1.92. The Kier molecular flexibility index (Phi) is 7.80. The second-order valence-electron chi connectivity index (χ2n) is 8.27. The van der Waals surface area contributed by atoms with E-state index in [9.17, 15) is 0 Å². The van der Waals surface area contributed by atoms with Gasteiger partial charge in [-0.2, -0.15) is 5.26 Å². The van der Waals surface area contributed by atoms with Gasteiger partial charge < -0.3 is 8.85 Å². The molecule has 3 nitrogen and oxygen atoms in total. The number of hydrogen-bond donors (Lipinski definition) is 0. The molecule has 2 aromatic rings. The van der Waals surface area contributed by atoms with Gasteiger partial charge in [0.1, 0.15) is 5.75 Å². The Morgan fingerprint density at radius 2 is 1.55 bits per heavy atom. The summed E-state index contributed by atoms with van der Waals surface area (Å²) in [7, 11) is -3.69. The van der Waals surface area contributed by atoms with Crippen molar-refractivity contribution in [3.8, 4) is 22.9 Å². The highest BCUT2D eigenvalue weighted by Gasteiger charge is 2.33. The van der Waals surface area contributed by atoms with Gasteiger partial charge in [0.2, 0.25) is 8.32 Å². The Bertz CT molecular complexity index is 879. The van der Waals surface area contributed by atoms with Gasteiger partial charge in [-0.3, -0.25) is 0 Å². The van der Waals surface area contributed by atoms with Gasteiger partial charge in [-0.05, 0) is 79.2 Å². The van der Waals surface area contributed by atoms with Gasteiger partial charge in [0.15, 0.2) is 8.32 Å². The lowest BCUT2D eigenvalue weighted by Crippen LogP contribution is -2.45. The van der Waals surface area contributed by atoms with Crippen molar-refractivity contribution < 1.29 is 8.85 Å². The highest BCUT2D eigenvalue weighted by Crippen LogP contribution is 2.26. The van der Waals surface area contributed by atoms with Crippen molar-refractivity contribution in [3.05, 3.63) is 78.5 Å². The maximum Gasteiger partial charge on any atom is 0.205 e. The zero-order valence-electron chi connectivity index (χ0n) is 18.0. The van der Waals surface area contributed by atoms with Crippen molar-refractivity contribution in [2.45, 2.75) is 38.7 Å². The third kappa shape index (κ3) is 6.86. The van der Waals surface area contributed by atoms with E-state index in [0.29, 0.717) is 12.2 Å². The molecule has 0 saturated carbocycles. The van der Waals surface area contributed by atoms with E-state index in [1.165, 1.54) is 0 Å². The van der Waals surface area contributed by atoms with Crippen molar-refractivity contribution in [2.75, 3.05) is 6.61 Å². The number of ether oxygens (including phenoxy) is 1. The first-order valence-corrected chi connectivity index (χ1v) is 15.9. The van der Waals surface area contributed by atoms with E-state index in [2.05, 4.69) is 45.4 Å². The first-order valence-electron chi connectivity index (χ1n) is 9.92. The molecule has 0 aliphatic heterocycles. The first-order chi connectivity index (χ1) is 13.7. The van der Waals surface area contributed by atoms with Gasteiger partial charge >= 0.3 is 0 Å². The predicted molar refractivity (Wildman–Crippen MR) is 127 cm³/mol. The summed E-state index contributed by atoms with van der Waals surface area (Å²) in [5.41, 5.74) is 2.87. The van der Waals surface area contributed by atoms with Crippen LogP contribution in [0, 0.1) is 11.3 Å². The zero-order valence-corrected chi connectivity index (χ0v) is 20.0. The molecule has 0 unspecified atom stereocenters. The van der Waals surface area contributed by atoms with E-state index < -0.39 is 16.6 Å². The maximum absolute atomic E-state index is 8.90. The third-order valence-corrected chi connectivity index (χ3v) is 12.5. The van der Waals surface area contributed by atoms with Crippen LogP contribution in [0.5, 0.6) is 5.75 Å². The van der Waals surface area contributed by atoms with Crippen molar-refractivity contribution in [1.29, 1.82) is 5.26 Å². The van der Waals surface area contributed by atoms with Crippen LogP contribution in [0.25, 0.3) is 11.1 Å². The molecule has 0 aliphatic rings. The fraction of sp³-hybridized carbons (Fsp3) is 0.292. The number of nitrogens with zero attached hydrogens (tertiary/aromatic N) is 1. The molecule has 0 saturated heterocycles. The number of allylic oxidation sites excluding steroid dienone is 2. The number of benzene rings is 2. The summed E-state index contributed by atoms with van der Waals surface area (Å²) < 4.78 is 12.5. The summed E-state index contributed by atoms with van der Waals surface area (Å²) in [6.07, 6.45) is 2.81. The molecule has 0 N–H and O–H groups in total. The van der Waals surface area contributed by atoms with Gasteiger partial charge in [0, 0.05) is 0 Å². The summed E-state index contributed by atoms with van der Waals surface area (Å²) in [5, 5.41) is 9.95. The van der Waals surface area contributed by atoms with Crippen molar-refractivity contribution in [3.63, 3.8) is 0 Å². The molecule has 0 aliphatic carbocycles. The Hall–Kier alpha value is -2.40. The van der Waals surface area contributed by atoms with Crippen LogP contribution in [-0.2, 0) is 4.12 Å². The van der Waals surface area contributed by atoms with E-state index in [0.717, 1.165) is 34.5 Å². The Labute approximate surface area is 177 Å². The highest BCUT2D eigenvalue weighted by molar-refractivity contribution is 6.89. The zero-order chi connectivity index (χ0) is 21.5. The van der Waals surface area contributed by atoms with Crippen LogP contribution < -0.4 is 4.74 Å². The number of rotatable bonds is 10. The van der Waals surface area contributed by atoms with Crippen molar-refractivity contribution in [2.24, 2.45) is 0 Å². The summed E-state index contributed by atoms with van der Waals surface area (Å²) in [5.74, 6) is 0.873. The lowest BCUT2D eigenvalue weighted by atomic mass is 10.0. The fourth-order valence-electron chi connectivity index (χ4n) is 3.22. The van der Waals surface area contributed by atoms with Crippen LogP contribution in [0.1, 0.15) is 12.0 Å². The summed E-state index contributed by atoms with van der Waals surface area (Å²) >= 11 is 0. The second-order valence-corrected chi connectivity index (χ2v) is 16.8. The molecule has 0 aromatic heterocycles. The van der Waals surface area contributed by atoms with Gasteiger partial charge in [-0.25, -0.2) is 0 Å². The minimum absolute atomic E-state index is 0.670. The maximum atomic E-state index is 8.90. The Balaban J connectivity index is 1.83. The fourth-order valence-corrected chi connectivity index (χ4v) is 11.2. The van der Waals surface area contributed by atoms with Crippen LogP contribution in [0.2, 0.25) is 32.2 Å². The lowest BCUT2D eigenvalue weighted by molar-refractivity contribution is 0.315. The minimum Gasteiger partial charge on any atom is -0.494 e. The monoisotopic (exact) mass is 421 g/mol. The van der Waals surface area contributed by atoms with Crippen LogP contribution in [0.4, 0.5) is 0 Å². The molecule has 0 radical (unpaired) electrons. The Morgan fingerprint density at radius 3 is 2.07 bits per heavy atom. The molecule has 152 valence electrons. The third-order valence-electron chi connectivity index (χ3n) is 4.94. The van der Waals surface area contributed by atoms with E-state index >= 15 is 0 Å². The molecule has 0 amide bonds. The van der Waals surface area contributed by atoms with Crippen LogP contribution >= 0.6 is 0 Å². The Morgan fingerprint density at radius 1 is 1.00 bits per heavy atom. The number of nitriles is 1. The summed E-state index contributed by atoms with van der Waals surface area (Å²) in [4.78, 5) is 0. The average molecular weight is 422 g/mol. The van der Waals surface area contributed by atoms with Crippen molar-refractivity contribution >= 4 is 16.6 Å². The molecule has 0 heterocycles. The number of hydrogen-bond acceptors (Lipinski definition) is 3. The van der Waals surface area contributed by atoms with Gasteiger partial charge in [0.25, 0.3) is 0 Å². The predicted octanol–water partition coefficient (Wildman–Crippen LogP) is 6.70. The molecule has 2 aromatic carbocycles. The molecule has 0 atom stereocenters. The standard InChI is InChI=1S/C24H31NO2Si2/c1-7-20(2)29(5,6)27-28(3,4)18-8-17-26-24-15-13-23(14-16-24)22-11-9-21(19-25)10-12-22/h7,9-16H,1-2,8,17-18H2,3-6H3. The molecule has 0 fully saturated rings.